The standard InChI is InChI=1S/C11H15NO6S/c1-3-17-10(15)6-5-12-9(19-6)7(13)8(14)11(16)18-4-2/h5,7-8,13-14H,3-4H2,1-2H3. The van der Waals surface area contributed by atoms with Gasteiger partial charge in [-0.2, -0.15) is 0 Å². The zero-order valence-corrected chi connectivity index (χ0v) is 11.3. The Bertz CT molecular complexity index is 446. The van der Waals surface area contributed by atoms with Crippen molar-refractivity contribution >= 4 is 23.3 Å². The molecule has 2 atom stereocenters. The van der Waals surface area contributed by atoms with Gasteiger partial charge in [-0.3, -0.25) is 0 Å². The van der Waals surface area contributed by atoms with Gasteiger partial charge in [0.15, 0.2) is 6.10 Å². The lowest BCUT2D eigenvalue weighted by atomic mass is 10.2. The van der Waals surface area contributed by atoms with Crippen LogP contribution in [-0.4, -0.2) is 46.5 Å². The number of hydrogen-bond acceptors (Lipinski definition) is 8. The maximum atomic E-state index is 11.4. The molecule has 0 aliphatic heterocycles. The first-order valence-electron chi connectivity index (χ1n) is 5.66. The molecule has 8 heteroatoms. The van der Waals surface area contributed by atoms with Crippen LogP contribution >= 0.6 is 11.3 Å². The molecule has 1 heterocycles. The normalized spacial score (nSPS) is 13.7. The van der Waals surface area contributed by atoms with Crippen LogP contribution in [0.15, 0.2) is 6.20 Å². The average molecular weight is 289 g/mol. The van der Waals surface area contributed by atoms with E-state index >= 15 is 0 Å². The molecular formula is C11H15NO6S. The summed E-state index contributed by atoms with van der Waals surface area (Å²) in [5.41, 5.74) is 0. The molecule has 7 nitrogen and oxygen atoms in total. The number of aromatic nitrogens is 1. The molecule has 0 aliphatic carbocycles. The lowest BCUT2D eigenvalue weighted by Gasteiger charge is -2.13. The summed E-state index contributed by atoms with van der Waals surface area (Å²) < 4.78 is 9.34. The highest BCUT2D eigenvalue weighted by Gasteiger charge is 2.29. The fourth-order valence-electron chi connectivity index (χ4n) is 1.21. The van der Waals surface area contributed by atoms with Crippen molar-refractivity contribution in [1.29, 1.82) is 0 Å². The van der Waals surface area contributed by atoms with Gasteiger partial charge in [0.05, 0.1) is 19.4 Å². The smallest absolute Gasteiger partial charge is 0.349 e. The predicted molar refractivity (Wildman–Crippen MR) is 65.7 cm³/mol. The van der Waals surface area contributed by atoms with E-state index in [2.05, 4.69) is 9.72 Å². The number of nitrogens with zero attached hydrogens (tertiary/aromatic N) is 1. The number of carbonyl (C=O) groups excluding carboxylic acids is 2. The van der Waals surface area contributed by atoms with Crippen molar-refractivity contribution < 1.29 is 29.3 Å². The Morgan fingerprint density at radius 3 is 2.53 bits per heavy atom. The highest BCUT2D eigenvalue weighted by molar-refractivity contribution is 7.13. The highest BCUT2D eigenvalue weighted by Crippen LogP contribution is 2.24. The average Bonchev–Trinajstić information content (AvgIpc) is 2.87. The van der Waals surface area contributed by atoms with Crippen LogP contribution in [0.3, 0.4) is 0 Å². The van der Waals surface area contributed by atoms with E-state index < -0.39 is 24.1 Å². The fourth-order valence-corrected chi connectivity index (χ4v) is 2.04. The lowest BCUT2D eigenvalue weighted by Crippen LogP contribution is -2.29. The number of rotatable bonds is 6. The monoisotopic (exact) mass is 289 g/mol. The minimum atomic E-state index is -1.74. The van der Waals surface area contributed by atoms with Gasteiger partial charge in [0.1, 0.15) is 16.0 Å². The van der Waals surface area contributed by atoms with Crippen LogP contribution in [0.1, 0.15) is 34.6 Å². The summed E-state index contributed by atoms with van der Waals surface area (Å²) >= 11 is 0.849. The first-order chi connectivity index (χ1) is 9.01. The third-order valence-electron chi connectivity index (χ3n) is 2.08. The van der Waals surface area contributed by atoms with Gasteiger partial charge in [-0.15, -0.1) is 11.3 Å². The van der Waals surface area contributed by atoms with Gasteiger partial charge in [0.25, 0.3) is 0 Å². The molecule has 2 unspecified atom stereocenters. The third kappa shape index (κ3) is 3.98. The third-order valence-corrected chi connectivity index (χ3v) is 3.13. The van der Waals surface area contributed by atoms with Crippen LogP contribution in [0, 0.1) is 0 Å². The molecule has 2 N–H and O–H groups in total. The van der Waals surface area contributed by atoms with Gasteiger partial charge < -0.3 is 19.7 Å². The van der Waals surface area contributed by atoms with Gasteiger partial charge in [-0.1, -0.05) is 0 Å². The topological polar surface area (TPSA) is 106 Å². The second-order valence-corrected chi connectivity index (χ2v) is 4.49. The van der Waals surface area contributed by atoms with Gasteiger partial charge >= 0.3 is 11.9 Å². The van der Waals surface area contributed by atoms with E-state index in [1.807, 2.05) is 0 Å². The second kappa shape index (κ2) is 7.17. The minimum Gasteiger partial charge on any atom is -0.464 e. The molecule has 0 saturated heterocycles. The first-order valence-corrected chi connectivity index (χ1v) is 6.48. The molecule has 0 spiro atoms. The first kappa shape index (κ1) is 15.5. The Balaban J connectivity index is 2.75. The van der Waals surface area contributed by atoms with Crippen LogP contribution in [0.5, 0.6) is 0 Å². The molecular weight excluding hydrogens is 274 g/mol. The lowest BCUT2D eigenvalue weighted by molar-refractivity contribution is -0.159. The van der Waals surface area contributed by atoms with Gasteiger partial charge in [-0.05, 0) is 13.8 Å². The summed E-state index contributed by atoms with van der Waals surface area (Å²) in [6.45, 7) is 3.56. The highest BCUT2D eigenvalue weighted by atomic mass is 32.1. The summed E-state index contributed by atoms with van der Waals surface area (Å²) in [4.78, 5) is 26.6. The molecule has 0 fully saturated rings. The van der Waals surface area contributed by atoms with Crippen molar-refractivity contribution in [3.8, 4) is 0 Å². The molecule has 0 amide bonds. The van der Waals surface area contributed by atoms with Crippen LogP contribution in [-0.2, 0) is 14.3 Å². The Kier molecular flexibility index (Phi) is 5.87. The predicted octanol–water partition coefficient (Wildman–Crippen LogP) is 0.277. The van der Waals surface area contributed by atoms with Crippen LogP contribution < -0.4 is 0 Å². The number of aliphatic hydroxyl groups excluding tert-OH is 2. The van der Waals surface area contributed by atoms with E-state index in [0.29, 0.717) is 0 Å². The summed E-state index contributed by atoms with van der Waals surface area (Å²) in [5, 5.41) is 19.3. The summed E-state index contributed by atoms with van der Waals surface area (Å²) in [6, 6.07) is 0. The Labute approximate surface area is 113 Å². The van der Waals surface area contributed by atoms with Crippen molar-refractivity contribution in [3.63, 3.8) is 0 Å². The molecule has 1 rings (SSSR count). The van der Waals surface area contributed by atoms with E-state index in [-0.39, 0.29) is 23.1 Å². The summed E-state index contributed by atoms with van der Waals surface area (Å²) in [5.74, 6) is -1.51. The molecule has 1 aromatic rings. The van der Waals surface area contributed by atoms with Crippen molar-refractivity contribution in [1.82, 2.24) is 4.98 Å². The molecule has 0 aromatic carbocycles. The Morgan fingerprint density at radius 1 is 1.32 bits per heavy atom. The quantitative estimate of drug-likeness (QED) is 0.724. The van der Waals surface area contributed by atoms with Crippen molar-refractivity contribution in [3.05, 3.63) is 16.1 Å². The van der Waals surface area contributed by atoms with E-state index in [9.17, 15) is 19.8 Å². The SMILES string of the molecule is CCOC(=O)c1cnc(C(O)C(O)C(=O)OCC)s1. The number of aliphatic hydroxyl groups is 2. The van der Waals surface area contributed by atoms with Crippen LogP contribution in [0.4, 0.5) is 0 Å². The Hall–Kier alpha value is -1.51. The Morgan fingerprint density at radius 2 is 1.95 bits per heavy atom. The molecule has 19 heavy (non-hydrogen) atoms. The zero-order chi connectivity index (χ0) is 14.4. The van der Waals surface area contributed by atoms with Crippen LogP contribution in [0.2, 0.25) is 0 Å². The molecule has 1 aromatic heterocycles. The van der Waals surface area contributed by atoms with E-state index in [1.54, 1.807) is 13.8 Å². The second-order valence-electron chi connectivity index (χ2n) is 3.42. The van der Waals surface area contributed by atoms with E-state index in [1.165, 1.54) is 6.20 Å². The van der Waals surface area contributed by atoms with Gasteiger partial charge in [-0.25, -0.2) is 14.6 Å². The minimum absolute atomic E-state index is 0.0450. The van der Waals surface area contributed by atoms with Crippen molar-refractivity contribution in [2.75, 3.05) is 13.2 Å². The van der Waals surface area contributed by atoms with Crippen LogP contribution in [0.25, 0.3) is 0 Å². The maximum absolute atomic E-state index is 11.4. The molecule has 106 valence electrons. The van der Waals surface area contributed by atoms with Crippen molar-refractivity contribution in [2.24, 2.45) is 0 Å². The molecule has 0 bridgehead atoms. The summed E-state index contributed by atoms with van der Waals surface area (Å²) in [6.07, 6.45) is -2.05. The zero-order valence-electron chi connectivity index (χ0n) is 10.5. The molecule has 0 aliphatic rings. The molecule has 0 saturated carbocycles. The van der Waals surface area contributed by atoms with E-state index in [4.69, 9.17) is 4.74 Å². The fraction of sp³-hybridized carbons (Fsp3) is 0.545. The molecule has 0 radical (unpaired) electrons. The number of esters is 2. The van der Waals surface area contributed by atoms with Gasteiger partial charge in [0, 0.05) is 0 Å². The maximum Gasteiger partial charge on any atom is 0.349 e. The largest absolute Gasteiger partial charge is 0.464 e. The van der Waals surface area contributed by atoms with Gasteiger partial charge in [0.2, 0.25) is 0 Å². The number of hydrogen-bond donors (Lipinski definition) is 2. The number of carbonyl (C=O) groups is 2. The number of ether oxygens (including phenoxy) is 2. The number of thiazole rings is 1. The summed E-state index contributed by atoms with van der Waals surface area (Å²) in [7, 11) is 0. The van der Waals surface area contributed by atoms with Crippen molar-refractivity contribution in [2.45, 2.75) is 26.1 Å². The van der Waals surface area contributed by atoms with E-state index in [0.717, 1.165) is 11.3 Å².